The Kier molecular flexibility index (Phi) is 9.73. The van der Waals surface area contributed by atoms with E-state index in [1.807, 2.05) is 30.3 Å². The number of ether oxygens (including phenoxy) is 1. The normalized spacial score (nSPS) is 13.2. The summed E-state index contributed by atoms with van der Waals surface area (Å²) in [6.45, 7) is 3.49. The molecule has 5 aromatic rings. The third-order valence-electron chi connectivity index (χ3n) is 7.53. The number of benzene rings is 3. The van der Waals surface area contributed by atoms with Gasteiger partial charge in [0.2, 0.25) is 0 Å². The number of aryl methyl sites for hydroxylation is 1. The van der Waals surface area contributed by atoms with Gasteiger partial charge in [-0.1, -0.05) is 48.5 Å². The summed E-state index contributed by atoms with van der Waals surface area (Å²) >= 11 is 1.17. The Labute approximate surface area is 263 Å². The van der Waals surface area contributed by atoms with Crippen LogP contribution in [-0.2, 0) is 23.5 Å². The molecular formula is C33H30F2N6O3S. The number of carbonyl (C=O) groups excluding carboxylic acids is 1. The highest BCUT2D eigenvalue weighted by molar-refractivity contribution is 7.17. The average Bonchev–Trinajstić information content (AvgIpc) is 3.70. The fraction of sp³-hybridized carbons (Fsp3) is 0.242. The molecule has 3 aromatic carbocycles. The van der Waals surface area contributed by atoms with E-state index in [9.17, 15) is 14.3 Å². The fourth-order valence-corrected chi connectivity index (χ4v) is 6.06. The maximum atomic E-state index is 15.3. The van der Waals surface area contributed by atoms with Gasteiger partial charge in [0.25, 0.3) is 5.91 Å². The molecule has 12 heteroatoms. The molecule has 0 radical (unpaired) electrons. The molecule has 0 aliphatic rings. The minimum absolute atomic E-state index is 0.0405. The van der Waals surface area contributed by atoms with E-state index in [0.717, 1.165) is 17.2 Å². The lowest BCUT2D eigenvalue weighted by atomic mass is 9.85. The topological polar surface area (TPSA) is 117 Å². The number of nitriles is 1. The molecule has 2 aromatic heterocycles. The highest BCUT2D eigenvalue weighted by Gasteiger charge is 2.44. The number of rotatable bonds is 12. The summed E-state index contributed by atoms with van der Waals surface area (Å²) in [6, 6.07) is 20.4. The first kappa shape index (κ1) is 31.6. The van der Waals surface area contributed by atoms with E-state index in [-0.39, 0.29) is 25.3 Å². The predicted molar refractivity (Wildman–Crippen MR) is 164 cm³/mol. The quantitative estimate of drug-likeness (QED) is 0.182. The zero-order chi connectivity index (χ0) is 32.0. The van der Waals surface area contributed by atoms with Crippen LogP contribution in [0.15, 0.2) is 85.5 Å². The fourth-order valence-electron chi connectivity index (χ4n) is 5.04. The Hall–Kier alpha value is -4.83. The van der Waals surface area contributed by atoms with Gasteiger partial charge in [-0.25, -0.2) is 23.4 Å². The van der Waals surface area contributed by atoms with Crippen molar-refractivity contribution >= 4 is 17.2 Å². The van der Waals surface area contributed by atoms with Crippen molar-refractivity contribution in [3.63, 3.8) is 0 Å². The summed E-state index contributed by atoms with van der Waals surface area (Å²) < 4.78 is 36.5. The summed E-state index contributed by atoms with van der Waals surface area (Å²) in [7, 11) is 0. The summed E-state index contributed by atoms with van der Waals surface area (Å²) in [6.07, 6.45) is 2.64. The molecule has 9 nitrogen and oxygen atoms in total. The number of amides is 1. The minimum atomic E-state index is -2.06. The predicted octanol–water partition coefficient (Wildman–Crippen LogP) is 5.50. The van der Waals surface area contributed by atoms with Crippen molar-refractivity contribution in [2.24, 2.45) is 0 Å². The van der Waals surface area contributed by atoms with Gasteiger partial charge >= 0.3 is 0 Å². The summed E-state index contributed by atoms with van der Waals surface area (Å²) in [5, 5.41) is 26.1. The first-order valence-corrected chi connectivity index (χ1v) is 14.9. The number of carbonyl (C=O) groups is 1. The molecule has 0 aliphatic heterocycles. The van der Waals surface area contributed by atoms with Crippen molar-refractivity contribution in [3.05, 3.63) is 124 Å². The molecule has 0 saturated heterocycles. The smallest absolute Gasteiger partial charge is 0.266 e. The number of hydrogen-bond acceptors (Lipinski definition) is 8. The Bertz CT molecular complexity index is 1790. The van der Waals surface area contributed by atoms with Crippen LogP contribution in [0, 0.1) is 29.9 Å². The molecular weight excluding hydrogens is 598 g/mol. The van der Waals surface area contributed by atoms with Crippen molar-refractivity contribution in [1.29, 1.82) is 5.26 Å². The lowest BCUT2D eigenvalue weighted by Crippen LogP contribution is -2.54. The van der Waals surface area contributed by atoms with Crippen LogP contribution in [-0.4, -0.2) is 54.9 Å². The molecule has 0 aliphatic carbocycles. The van der Waals surface area contributed by atoms with Crippen LogP contribution in [0.4, 0.5) is 8.78 Å². The van der Waals surface area contributed by atoms with Crippen LogP contribution in [0.25, 0.3) is 10.6 Å². The van der Waals surface area contributed by atoms with Crippen LogP contribution in [0.3, 0.4) is 0 Å². The molecule has 0 fully saturated rings. The van der Waals surface area contributed by atoms with E-state index in [1.54, 1.807) is 38.1 Å². The van der Waals surface area contributed by atoms with Crippen molar-refractivity contribution in [1.82, 2.24) is 24.6 Å². The molecule has 1 N–H and O–H groups in total. The first-order valence-electron chi connectivity index (χ1n) is 14.1. The molecule has 2 heterocycles. The van der Waals surface area contributed by atoms with Crippen molar-refractivity contribution in [3.8, 4) is 16.6 Å². The number of halogens is 2. The Morgan fingerprint density at radius 1 is 1.16 bits per heavy atom. The van der Waals surface area contributed by atoms with Gasteiger partial charge < -0.3 is 14.7 Å². The van der Waals surface area contributed by atoms with E-state index >= 15 is 4.39 Å². The number of aromatic nitrogens is 4. The van der Waals surface area contributed by atoms with Crippen LogP contribution in [0.2, 0.25) is 0 Å². The number of nitrogens with zero attached hydrogens (tertiary/aromatic N) is 6. The number of aliphatic hydroxyl groups is 1. The maximum Gasteiger partial charge on any atom is 0.266 e. The van der Waals surface area contributed by atoms with Gasteiger partial charge in [0.1, 0.15) is 39.8 Å². The Morgan fingerprint density at radius 3 is 2.58 bits per heavy atom. The summed E-state index contributed by atoms with van der Waals surface area (Å²) in [5.41, 5.74) is 0.398. The summed E-state index contributed by atoms with van der Waals surface area (Å²) in [4.78, 5) is 24.6. The van der Waals surface area contributed by atoms with Crippen molar-refractivity contribution < 1.29 is 23.4 Å². The highest BCUT2D eigenvalue weighted by atomic mass is 32.1. The van der Waals surface area contributed by atoms with Crippen LogP contribution >= 0.6 is 11.3 Å². The van der Waals surface area contributed by atoms with E-state index in [1.165, 1.54) is 39.6 Å². The van der Waals surface area contributed by atoms with Gasteiger partial charge in [0, 0.05) is 23.7 Å². The second-order valence-electron chi connectivity index (χ2n) is 10.5. The standard InChI is InChI=1S/C33H30F2N6O3S/c1-22-30(45-31(39-22)26-10-8-24(17-36)9-11-26)32(42)41(14-15-44-18-25-6-4-3-5-7-25)23(2)33(43,19-40-21-37-20-38-40)28-13-12-27(34)16-29(28)35/h3-13,16,20-21,23,43H,14-15,18-19H2,1-2H3/t23-,33-/m1/s1. The van der Waals surface area contributed by atoms with E-state index < -0.39 is 29.2 Å². The van der Waals surface area contributed by atoms with Crippen LogP contribution in [0.1, 0.15) is 39.0 Å². The Morgan fingerprint density at radius 2 is 1.91 bits per heavy atom. The molecule has 45 heavy (non-hydrogen) atoms. The van der Waals surface area contributed by atoms with Crippen molar-refractivity contribution in [2.75, 3.05) is 13.2 Å². The van der Waals surface area contributed by atoms with Gasteiger partial charge in [0.15, 0.2) is 0 Å². The van der Waals surface area contributed by atoms with Gasteiger partial charge in [0.05, 0.1) is 43.1 Å². The Balaban J connectivity index is 1.50. The maximum absolute atomic E-state index is 15.3. The third kappa shape index (κ3) is 7.12. The number of thiazole rings is 1. The third-order valence-corrected chi connectivity index (χ3v) is 8.72. The lowest BCUT2D eigenvalue weighted by Gasteiger charge is -2.41. The molecule has 230 valence electrons. The van der Waals surface area contributed by atoms with E-state index in [4.69, 9.17) is 10.00 Å². The summed E-state index contributed by atoms with van der Waals surface area (Å²) in [5.74, 6) is -2.21. The SMILES string of the molecule is Cc1nc(-c2ccc(C#N)cc2)sc1C(=O)N(CCOCc1ccccc1)[C@H](C)[C@](O)(Cn1cncn1)c1ccc(F)cc1F. The molecule has 0 saturated carbocycles. The van der Waals surface area contributed by atoms with Gasteiger partial charge in [-0.15, -0.1) is 11.3 Å². The zero-order valence-corrected chi connectivity index (χ0v) is 25.4. The van der Waals surface area contributed by atoms with E-state index in [0.29, 0.717) is 33.8 Å². The largest absolute Gasteiger partial charge is 0.381 e. The molecule has 0 spiro atoms. The van der Waals surface area contributed by atoms with Gasteiger partial charge in [-0.2, -0.15) is 10.4 Å². The molecule has 0 unspecified atom stereocenters. The average molecular weight is 629 g/mol. The van der Waals surface area contributed by atoms with Gasteiger partial charge in [-0.05, 0) is 37.6 Å². The van der Waals surface area contributed by atoms with Gasteiger partial charge in [-0.3, -0.25) is 4.79 Å². The second-order valence-corrected chi connectivity index (χ2v) is 11.5. The molecule has 0 bridgehead atoms. The molecule has 2 atom stereocenters. The zero-order valence-electron chi connectivity index (χ0n) is 24.6. The molecule has 1 amide bonds. The monoisotopic (exact) mass is 628 g/mol. The van der Waals surface area contributed by atoms with E-state index in [2.05, 4.69) is 21.1 Å². The van der Waals surface area contributed by atoms with Crippen LogP contribution in [0.5, 0.6) is 0 Å². The first-order chi connectivity index (χ1) is 21.7. The lowest BCUT2D eigenvalue weighted by molar-refractivity contribution is -0.0603. The molecule has 5 rings (SSSR count). The minimum Gasteiger partial charge on any atom is -0.381 e. The van der Waals surface area contributed by atoms with Crippen molar-refractivity contribution in [2.45, 2.75) is 38.6 Å². The second kappa shape index (κ2) is 13.9. The highest BCUT2D eigenvalue weighted by Crippen LogP contribution is 2.35. The number of hydrogen-bond donors (Lipinski definition) is 1. The van der Waals surface area contributed by atoms with Crippen LogP contribution < -0.4 is 0 Å².